The monoisotopic (exact) mass is 223 g/mol. The molecule has 2 N–H and O–H groups in total. The van der Waals surface area contributed by atoms with Crippen LogP contribution in [0.3, 0.4) is 0 Å². The summed E-state index contributed by atoms with van der Waals surface area (Å²) in [4.78, 5) is 0.549. The van der Waals surface area contributed by atoms with Crippen molar-refractivity contribution in [2.24, 2.45) is 11.7 Å². The van der Waals surface area contributed by atoms with E-state index < -0.39 is 0 Å². The molecule has 0 aromatic heterocycles. The van der Waals surface area contributed by atoms with E-state index in [9.17, 15) is 0 Å². The largest absolute Gasteiger partial charge is 0.496 e. The molecule has 0 saturated heterocycles. The third kappa shape index (κ3) is 2.69. The number of thiocarbonyl (C=S) groups is 1. The minimum absolute atomic E-state index is 0.177. The zero-order valence-electron chi connectivity index (χ0n) is 9.36. The molecule has 0 heterocycles. The average Bonchev–Trinajstić information content (AvgIpc) is 2.26. The second-order valence-electron chi connectivity index (χ2n) is 3.72. The second-order valence-corrected chi connectivity index (χ2v) is 4.19. The second kappa shape index (κ2) is 5.12. The topological polar surface area (TPSA) is 35.2 Å². The van der Waals surface area contributed by atoms with Gasteiger partial charge in [-0.2, -0.15) is 0 Å². The molecule has 0 spiro atoms. The van der Waals surface area contributed by atoms with E-state index in [-0.39, 0.29) is 11.8 Å². The fraction of sp³-hybridized carbons (Fsp3) is 0.417. The van der Waals surface area contributed by atoms with E-state index >= 15 is 0 Å². The van der Waals surface area contributed by atoms with E-state index in [0.29, 0.717) is 4.99 Å². The van der Waals surface area contributed by atoms with Crippen molar-refractivity contribution < 1.29 is 4.74 Å². The van der Waals surface area contributed by atoms with Gasteiger partial charge >= 0.3 is 0 Å². The van der Waals surface area contributed by atoms with Gasteiger partial charge in [-0.3, -0.25) is 0 Å². The highest BCUT2D eigenvalue weighted by molar-refractivity contribution is 7.80. The van der Waals surface area contributed by atoms with Crippen LogP contribution >= 0.6 is 12.2 Å². The van der Waals surface area contributed by atoms with Crippen molar-refractivity contribution in [3.05, 3.63) is 29.8 Å². The molecule has 2 unspecified atom stereocenters. The maximum absolute atomic E-state index is 5.66. The Bertz CT molecular complexity index is 351. The molecule has 2 nitrogen and oxygen atoms in total. The number of methoxy groups -OCH3 is 1. The molecule has 15 heavy (non-hydrogen) atoms. The van der Waals surface area contributed by atoms with Gasteiger partial charge in [0.25, 0.3) is 0 Å². The first-order valence-electron chi connectivity index (χ1n) is 5.00. The third-order valence-electron chi connectivity index (χ3n) is 2.83. The fourth-order valence-electron chi connectivity index (χ4n) is 1.56. The molecule has 1 aromatic rings. The van der Waals surface area contributed by atoms with Crippen LogP contribution in [0, 0.1) is 5.92 Å². The first-order chi connectivity index (χ1) is 7.07. The zero-order valence-corrected chi connectivity index (χ0v) is 10.2. The Hall–Kier alpha value is -1.09. The quantitative estimate of drug-likeness (QED) is 0.797. The van der Waals surface area contributed by atoms with Crippen LogP contribution in [0.2, 0.25) is 0 Å². The minimum Gasteiger partial charge on any atom is -0.496 e. The van der Waals surface area contributed by atoms with Gasteiger partial charge < -0.3 is 10.5 Å². The standard InChI is InChI=1S/C12H17NOS/c1-8(9(2)12(13)15)10-6-4-5-7-11(10)14-3/h4-9H,1-3H3,(H2,13,15). The SMILES string of the molecule is COc1ccccc1C(C)C(C)C(N)=S. The summed E-state index contributed by atoms with van der Waals surface area (Å²) in [6, 6.07) is 7.97. The number of ether oxygens (including phenoxy) is 1. The van der Waals surface area contributed by atoms with Gasteiger partial charge in [-0.15, -0.1) is 0 Å². The summed E-state index contributed by atoms with van der Waals surface area (Å²) in [5.74, 6) is 1.35. The molecule has 1 aromatic carbocycles. The van der Waals surface area contributed by atoms with Crippen LogP contribution in [-0.4, -0.2) is 12.1 Å². The molecule has 1 rings (SSSR count). The van der Waals surface area contributed by atoms with Gasteiger partial charge in [-0.05, 0) is 17.5 Å². The molecule has 0 aliphatic rings. The van der Waals surface area contributed by atoms with E-state index in [2.05, 4.69) is 13.0 Å². The summed E-state index contributed by atoms with van der Waals surface area (Å²) >= 11 is 5.01. The lowest BCUT2D eigenvalue weighted by Crippen LogP contribution is -2.23. The van der Waals surface area contributed by atoms with Gasteiger partial charge in [0.2, 0.25) is 0 Å². The van der Waals surface area contributed by atoms with Crippen molar-refractivity contribution in [1.29, 1.82) is 0 Å². The highest BCUT2D eigenvalue weighted by Gasteiger charge is 2.19. The van der Waals surface area contributed by atoms with Crippen LogP contribution in [0.5, 0.6) is 5.75 Å². The van der Waals surface area contributed by atoms with Gasteiger partial charge in [0.05, 0.1) is 12.1 Å². The van der Waals surface area contributed by atoms with E-state index in [1.165, 1.54) is 0 Å². The lowest BCUT2D eigenvalue weighted by atomic mass is 9.88. The molecule has 0 bridgehead atoms. The number of rotatable bonds is 4. The summed E-state index contributed by atoms with van der Waals surface area (Å²) in [7, 11) is 1.68. The first kappa shape index (κ1) is 12.0. The average molecular weight is 223 g/mol. The van der Waals surface area contributed by atoms with E-state index in [1.54, 1.807) is 7.11 Å². The van der Waals surface area contributed by atoms with E-state index in [4.69, 9.17) is 22.7 Å². The van der Waals surface area contributed by atoms with Crippen molar-refractivity contribution >= 4 is 17.2 Å². The lowest BCUT2D eigenvalue weighted by Gasteiger charge is -2.21. The molecule has 0 radical (unpaired) electrons. The van der Waals surface area contributed by atoms with Gasteiger partial charge in [0.1, 0.15) is 5.75 Å². The first-order valence-corrected chi connectivity index (χ1v) is 5.41. The predicted molar refractivity (Wildman–Crippen MR) is 67.4 cm³/mol. The molecular weight excluding hydrogens is 206 g/mol. The number of benzene rings is 1. The summed E-state index contributed by atoms with van der Waals surface area (Å²) in [6.07, 6.45) is 0. The van der Waals surface area contributed by atoms with Crippen molar-refractivity contribution in [2.45, 2.75) is 19.8 Å². The van der Waals surface area contributed by atoms with Crippen molar-refractivity contribution in [3.8, 4) is 5.75 Å². The maximum Gasteiger partial charge on any atom is 0.122 e. The molecule has 0 aliphatic carbocycles. The van der Waals surface area contributed by atoms with Crippen molar-refractivity contribution in [3.63, 3.8) is 0 Å². The van der Waals surface area contributed by atoms with Crippen LogP contribution in [0.25, 0.3) is 0 Å². The van der Waals surface area contributed by atoms with Crippen molar-refractivity contribution in [2.75, 3.05) is 7.11 Å². The van der Waals surface area contributed by atoms with Gasteiger partial charge in [-0.25, -0.2) is 0 Å². The molecule has 0 saturated carbocycles. The Balaban J connectivity index is 2.99. The molecule has 2 atom stereocenters. The smallest absolute Gasteiger partial charge is 0.122 e. The third-order valence-corrected chi connectivity index (χ3v) is 3.20. The number of nitrogens with two attached hydrogens (primary N) is 1. The Labute approximate surface area is 96.4 Å². The highest BCUT2D eigenvalue weighted by atomic mass is 32.1. The van der Waals surface area contributed by atoms with Crippen molar-refractivity contribution in [1.82, 2.24) is 0 Å². The Morgan fingerprint density at radius 3 is 2.47 bits per heavy atom. The molecule has 0 aliphatic heterocycles. The predicted octanol–water partition coefficient (Wildman–Crippen LogP) is 2.72. The Morgan fingerprint density at radius 2 is 1.93 bits per heavy atom. The summed E-state index contributed by atoms with van der Waals surface area (Å²) in [5, 5.41) is 0. The van der Waals surface area contributed by atoms with Crippen LogP contribution in [0.4, 0.5) is 0 Å². The summed E-state index contributed by atoms with van der Waals surface area (Å²) < 4.78 is 5.31. The number of para-hydroxylation sites is 1. The summed E-state index contributed by atoms with van der Waals surface area (Å²) in [6.45, 7) is 4.15. The van der Waals surface area contributed by atoms with Crippen LogP contribution in [0.15, 0.2) is 24.3 Å². The minimum atomic E-state index is 0.177. The number of hydrogen-bond acceptors (Lipinski definition) is 2. The molecular formula is C12H17NOS. The highest BCUT2D eigenvalue weighted by Crippen LogP contribution is 2.31. The van der Waals surface area contributed by atoms with Gasteiger partial charge in [-0.1, -0.05) is 44.3 Å². The van der Waals surface area contributed by atoms with Crippen LogP contribution in [0.1, 0.15) is 25.3 Å². The zero-order chi connectivity index (χ0) is 11.4. The van der Waals surface area contributed by atoms with E-state index in [0.717, 1.165) is 11.3 Å². The number of hydrogen-bond donors (Lipinski definition) is 1. The molecule has 0 amide bonds. The van der Waals surface area contributed by atoms with Crippen LogP contribution < -0.4 is 10.5 Å². The maximum atomic E-state index is 5.66. The Kier molecular flexibility index (Phi) is 4.09. The summed E-state index contributed by atoms with van der Waals surface area (Å²) in [5.41, 5.74) is 6.81. The lowest BCUT2D eigenvalue weighted by molar-refractivity contribution is 0.403. The normalized spacial score (nSPS) is 14.3. The fourth-order valence-corrected chi connectivity index (χ4v) is 1.76. The molecule has 82 valence electrons. The van der Waals surface area contributed by atoms with Crippen LogP contribution in [-0.2, 0) is 0 Å². The van der Waals surface area contributed by atoms with Gasteiger partial charge in [0, 0.05) is 5.92 Å². The van der Waals surface area contributed by atoms with E-state index in [1.807, 2.05) is 25.1 Å². The molecule has 3 heteroatoms. The Morgan fingerprint density at radius 1 is 1.33 bits per heavy atom. The molecule has 0 fully saturated rings. The van der Waals surface area contributed by atoms with Gasteiger partial charge in [0.15, 0.2) is 0 Å².